The predicted molar refractivity (Wildman–Crippen MR) is 114 cm³/mol. The molecule has 0 radical (unpaired) electrons. The Hall–Kier alpha value is -2.63. The smallest absolute Gasteiger partial charge is 0.199 e. The Balaban J connectivity index is 1.85. The van der Waals surface area contributed by atoms with Crippen molar-refractivity contribution in [2.24, 2.45) is 0 Å². The summed E-state index contributed by atoms with van der Waals surface area (Å²) in [5, 5.41) is 0.848. The van der Waals surface area contributed by atoms with Gasteiger partial charge in [-0.25, -0.2) is 4.39 Å². The standard InChI is InChI=1S/C22H17ClFNO2S/c1-25-17-6-4-3-5-15(17)19(16-11-12-18(26-2)20(23)21(16)25)22(28)27-14-9-7-13(24)8-10-14/h3-10,12H,11H2,1-2H3. The van der Waals surface area contributed by atoms with Gasteiger partial charge in [0.25, 0.3) is 0 Å². The molecule has 0 unspecified atom stereocenters. The highest BCUT2D eigenvalue weighted by Gasteiger charge is 2.33. The molecule has 0 saturated heterocycles. The van der Waals surface area contributed by atoms with E-state index >= 15 is 0 Å². The lowest BCUT2D eigenvalue weighted by atomic mass is 9.87. The number of likely N-dealkylation sites (N-methyl/N-ethyl adjacent to an activating group) is 1. The van der Waals surface area contributed by atoms with Gasteiger partial charge < -0.3 is 14.4 Å². The van der Waals surface area contributed by atoms with Crippen LogP contribution in [0.15, 0.2) is 76.7 Å². The van der Waals surface area contributed by atoms with Crippen LogP contribution in [0, 0.1) is 5.82 Å². The molecule has 0 spiro atoms. The third-order valence-electron chi connectivity index (χ3n) is 4.82. The summed E-state index contributed by atoms with van der Waals surface area (Å²) in [5.41, 5.74) is 4.57. The molecule has 3 nitrogen and oxygen atoms in total. The summed E-state index contributed by atoms with van der Waals surface area (Å²) in [6.07, 6.45) is 2.54. The zero-order chi connectivity index (χ0) is 19.8. The fraction of sp³-hybridized carbons (Fsp3) is 0.136. The minimum Gasteiger partial charge on any atom is -0.495 e. The van der Waals surface area contributed by atoms with E-state index in [1.807, 2.05) is 42.3 Å². The third kappa shape index (κ3) is 3.11. The zero-order valence-electron chi connectivity index (χ0n) is 15.3. The fourth-order valence-electron chi connectivity index (χ4n) is 3.53. The molecule has 2 aromatic carbocycles. The Labute approximate surface area is 173 Å². The molecule has 4 rings (SSSR count). The van der Waals surface area contributed by atoms with Crippen LogP contribution in [0.2, 0.25) is 0 Å². The Morgan fingerprint density at radius 2 is 1.86 bits per heavy atom. The van der Waals surface area contributed by atoms with Gasteiger partial charge in [0.15, 0.2) is 5.05 Å². The number of fused-ring (bicyclic) bond motifs is 2. The van der Waals surface area contributed by atoms with Crippen LogP contribution in [0.1, 0.15) is 12.0 Å². The Bertz CT molecular complexity index is 1060. The SMILES string of the molecule is COC1=CCC2=C(C(=S)Oc3ccc(F)cc3)c3ccccc3N(C)C2=C1Cl. The van der Waals surface area contributed by atoms with Gasteiger partial charge in [-0.2, -0.15) is 0 Å². The molecule has 0 fully saturated rings. The molecule has 1 aliphatic heterocycles. The molecule has 0 amide bonds. The summed E-state index contributed by atoms with van der Waals surface area (Å²) in [4.78, 5) is 2.04. The number of halogens is 2. The first-order valence-electron chi connectivity index (χ1n) is 8.70. The average molecular weight is 414 g/mol. The molecular formula is C22H17ClFNO2S. The summed E-state index contributed by atoms with van der Waals surface area (Å²) in [6, 6.07) is 13.7. The molecule has 2 aromatic rings. The van der Waals surface area contributed by atoms with E-state index in [9.17, 15) is 4.39 Å². The number of methoxy groups -OCH3 is 1. The minimum atomic E-state index is -0.327. The predicted octanol–water partition coefficient (Wildman–Crippen LogP) is 5.82. The van der Waals surface area contributed by atoms with Crippen LogP contribution in [0.4, 0.5) is 10.1 Å². The number of rotatable bonds is 3. The van der Waals surface area contributed by atoms with Gasteiger partial charge in [0.05, 0.1) is 12.8 Å². The molecule has 0 saturated carbocycles. The third-order valence-corrected chi connectivity index (χ3v) is 5.47. The molecule has 142 valence electrons. The fourth-order valence-corrected chi connectivity index (χ4v) is 4.25. The molecule has 0 aromatic heterocycles. The number of allylic oxidation sites excluding steroid dienone is 3. The summed E-state index contributed by atoms with van der Waals surface area (Å²) in [7, 11) is 3.57. The van der Waals surface area contributed by atoms with Crippen molar-refractivity contribution >= 4 is 40.1 Å². The van der Waals surface area contributed by atoms with Gasteiger partial charge in [-0.1, -0.05) is 29.8 Å². The van der Waals surface area contributed by atoms with Crippen LogP contribution < -0.4 is 9.64 Å². The van der Waals surface area contributed by atoms with E-state index < -0.39 is 0 Å². The van der Waals surface area contributed by atoms with Gasteiger partial charge in [-0.15, -0.1) is 0 Å². The van der Waals surface area contributed by atoms with Gasteiger partial charge >= 0.3 is 0 Å². The lowest BCUT2D eigenvalue weighted by Crippen LogP contribution is -2.29. The van der Waals surface area contributed by atoms with E-state index in [1.165, 1.54) is 12.1 Å². The van der Waals surface area contributed by atoms with Crippen molar-refractivity contribution in [1.82, 2.24) is 0 Å². The van der Waals surface area contributed by atoms with Gasteiger partial charge in [0.1, 0.15) is 22.4 Å². The van der Waals surface area contributed by atoms with E-state index in [0.29, 0.717) is 28.0 Å². The normalized spacial score (nSPS) is 15.7. The van der Waals surface area contributed by atoms with E-state index in [1.54, 1.807) is 19.2 Å². The van der Waals surface area contributed by atoms with Crippen molar-refractivity contribution < 1.29 is 13.9 Å². The van der Waals surface area contributed by atoms with E-state index in [2.05, 4.69) is 0 Å². The molecule has 28 heavy (non-hydrogen) atoms. The summed E-state index contributed by atoms with van der Waals surface area (Å²) >= 11 is 12.3. The number of hydrogen-bond acceptors (Lipinski definition) is 4. The van der Waals surface area contributed by atoms with Crippen molar-refractivity contribution in [2.45, 2.75) is 6.42 Å². The Morgan fingerprint density at radius 3 is 2.57 bits per heavy atom. The number of thiocarbonyl (C=S) groups is 1. The Kier molecular flexibility index (Phi) is 4.96. The maximum absolute atomic E-state index is 13.2. The molecular weight excluding hydrogens is 397 g/mol. The number of anilines is 1. The van der Waals surface area contributed by atoms with Crippen LogP contribution in [0.3, 0.4) is 0 Å². The van der Waals surface area contributed by atoms with Crippen LogP contribution in [0.25, 0.3) is 5.57 Å². The highest BCUT2D eigenvalue weighted by Crippen LogP contribution is 2.46. The Morgan fingerprint density at radius 1 is 1.14 bits per heavy atom. The van der Waals surface area contributed by atoms with Crippen molar-refractivity contribution in [3.05, 3.63) is 88.0 Å². The monoisotopic (exact) mass is 413 g/mol. The first kappa shape index (κ1) is 18.7. The maximum atomic E-state index is 13.2. The second-order valence-electron chi connectivity index (χ2n) is 6.41. The van der Waals surface area contributed by atoms with Gasteiger partial charge in [0.2, 0.25) is 0 Å². The van der Waals surface area contributed by atoms with Gasteiger partial charge in [-0.05, 0) is 60.6 Å². The number of nitrogens with zero attached hydrogens (tertiary/aromatic N) is 1. The van der Waals surface area contributed by atoms with Crippen LogP contribution in [0.5, 0.6) is 5.75 Å². The van der Waals surface area contributed by atoms with E-state index in [-0.39, 0.29) is 5.82 Å². The number of hydrogen-bond donors (Lipinski definition) is 0. The summed E-state index contributed by atoms with van der Waals surface area (Å²) in [5.74, 6) is 0.791. The lowest BCUT2D eigenvalue weighted by molar-refractivity contribution is 0.301. The van der Waals surface area contributed by atoms with Crippen LogP contribution in [-0.2, 0) is 4.74 Å². The lowest BCUT2D eigenvalue weighted by Gasteiger charge is -2.36. The number of para-hydroxylation sites is 1. The van der Waals surface area contributed by atoms with Crippen molar-refractivity contribution in [1.29, 1.82) is 0 Å². The zero-order valence-corrected chi connectivity index (χ0v) is 16.9. The molecule has 1 heterocycles. The minimum absolute atomic E-state index is 0.318. The van der Waals surface area contributed by atoms with Crippen LogP contribution >= 0.6 is 23.8 Å². The molecule has 0 N–H and O–H groups in total. The van der Waals surface area contributed by atoms with Crippen molar-refractivity contribution in [3.63, 3.8) is 0 Å². The number of ether oxygens (including phenoxy) is 2. The second-order valence-corrected chi connectivity index (χ2v) is 7.16. The highest BCUT2D eigenvalue weighted by atomic mass is 35.5. The molecule has 6 heteroatoms. The summed E-state index contributed by atoms with van der Waals surface area (Å²) < 4.78 is 24.5. The molecule has 2 aliphatic rings. The van der Waals surface area contributed by atoms with Crippen LogP contribution in [-0.4, -0.2) is 19.2 Å². The van der Waals surface area contributed by atoms with E-state index in [0.717, 1.165) is 28.1 Å². The topological polar surface area (TPSA) is 21.7 Å². The quantitative estimate of drug-likeness (QED) is 0.591. The van der Waals surface area contributed by atoms with Gasteiger partial charge in [-0.3, -0.25) is 0 Å². The average Bonchev–Trinajstić information content (AvgIpc) is 2.70. The highest BCUT2D eigenvalue weighted by molar-refractivity contribution is 7.81. The van der Waals surface area contributed by atoms with Crippen molar-refractivity contribution in [3.8, 4) is 5.75 Å². The molecule has 0 bridgehead atoms. The first-order chi connectivity index (χ1) is 13.5. The van der Waals surface area contributed by atoms with E-state index in [4.69, 9.17) is 33.3 Å². The first-order valence-corrected chi connectivity index (χ1v) is 9.48. The largest absolute Gasteiger partial charge is 0.495 e. The second kappa shape index (κ2) is 7.41. The number of benzene rings is 2. The molecule has 0 atom stereocenters. The summed E-state index contributed by atoms with van der Waals surface area (Å²) in [6.45, 7) is 0. The molecule has 1 aliphatic carbocycles. The maximum Gasteiger partial charge on any atom is 0.199 e. The van der Waals surface area contributed by atoms with Crippen molar-refractivity contribution in [2.75, 3.05) is 19.1 Å². The van der Waals surface area contributed by atoms with Gasteiger partial charge in [0, 0.05) is 23.9 Å².